The molecule has 2 atom stereocenters. The lowest BCUT2D eigenvalue weighted by Crippen LogP contribution is -2.29. The largest absolute Gasteiger partial charge is 0.355 e. The van der Waals surface area contributed by atoms with Crippen LogP contribution in [0.2, 0.25) is 0 Å². The highest BCUT2D eigenvalue weighted by Gasteiger charge is 2.54. The fourth-order valence-electron chi connectivity index (χ4n) is 5.41. The van der Waals surface area contributed by atoms with Gasteiger partial charge < -0.3 is 5.32 Å². The third-order valence-electron chi connectivity index (χ3n) is 6.27. The van der Waals surface area contributed by atoms with Gasteiger partial charge in [0.05, 0.1) is 5.69 Å². The minimum Gasteiger partial charge on any atom is -0.355 e. The predicted molar refractivity (Wildman–Crippen MR) is 91.0 cm³/mol. The van der Waals surface area contributed by atoms with Crippen LogP contribution in [0.3, 0.4) is 0 Å². The van der Waals surface area contributed by atoms with Gasteiger partial charge in [0.25, 0.3) is 0 Å². The van der Waals surface area contributed by atoms with Crippen molar-refractivity contribution < 1.29 is 4.39 Å². The molecular formula is C21H16FN. The summed E-state index contributed by atoms with van der Waals surface area (Å²) >= 11 is 0. The average Bonchev–Trinajstić information content (AvgIpc) is 3.14. The summed E-state index contributed by atoms with van der Waals surface area (Å²) in [4.78, 5) is 0. The van der Waals surface area contributed by atoms with Crippen molar-refractivity contribution in [2.24, 2.45) is 0 Å². The number of hydrogen-bond acceptors (Lipinski definition) is 1. The van der Waals surface area contributed by atoms with Crippen LogP contribution < -0.4 is 5.32 Å². The Labute approximate surface area is 134 Å². The molecule has 2 heteroatoms. The van der Waals surface area contributed by atoms with Crippen molar-refractivity contribution >= 4 is 22.1 Å². The van der Waals surface area contributed by atoms with E-state index in [0.717, 1.165) is 18.5 Å². The van der Waals surface area contributed by atoms with E-state index in [4.69, 9.17) is 0 Å². The molecule has 6 rings (SSSR count). The number of rotatable bonds is 0. The van der Waals surface area contributed by atoms with Gasteiger partial charge in [-0.2, -0.15) is 0 Å². The van der Waals surface area contributed by atoms with E-state index < -0.39 is 0 Å². The highest BCUT2D eigenvalue weighted by molar-refractivity contribution is 6.01. The highest BCUT2D eigenvalue weighted by Crippen LogP contribution is 2.66. The molecule has 3 aliphatic rings. The van der Waals surface area contributed by atoms with Gasteiger partial charge in [0, 0.05) is 16.5 Å². The summed E-state index contributed by atoms with van der Waals surface area (Å²) in [6, 6.07) is 16.2. The second-order valence-electron chi connectivity index (χ2n) is 7.27. The maximum atomic E-state index is 13.9. The van der Waals surface area contributed by atoms with Crippen molar-refractivity contribution in [3.05, 3.63) is 71.0 Å². The molecule has 1 nitrogen and oxygen atoms in total. The molecule has 0 radical (unpaired) electrons. The lowest BCUT2D eigenvalue weighted by molar-refractivity contribution is 0.539. The topological polar surface area (TPSA) is 12.0 Å². The Morgan fingerprint density at radius 3 is 2.96 bits per heavy atom. The third kappa shape index (κ3) is 1.30. The van der Waals surface area contributed by atoms with E-state index in [-0.39, 0.29) is 11.2 Å². The minimum atomic E-state index is -0.124. The SMILES string of the molecule is Fc1ccc2c(c1)C13CCC(C1)c1cc4ccccc4c(c13)N2. The van der Waals surface area contributed by atoms with Crippen LogP contribution in [0.25, 0.3) is 10.8 Å². The van der Waals surface area contributed by atoms with E-state index in [9.17, 15) is 4.39 Å². The molecule has 3 aromatic rings. The molecule has 112 valence electrons. The standard InChI is InChI=1S/C21H16FN/c22-14-5-6-18-17(10-14)21-8-7-13(11-21)16-9-12-3-1-2-4-15(12)20(23-18)19(16)21/h1-6,9-10,13,23H,7-8,11H2. The Kier molecular flexibility index (Phi) is 1.98. The zero-order valence-corrected chi connectivity index (χ0v) is 12.7. The average molecular weight is 301 g/mol. The molecule has 0 amide bonds. The first kappa shape index (κ1) is 12.1. The molecule has 1 aliphatic heterocycles. The second-order valence-corrected chi connectivity index (χ2v) is 7.27. The van der Waals surface area contributed by atoms with Gasteiger partial charge in [-0.3, -0.25) is 0 Å². The van der Waals surface area contributed by atoms with Crippen LogP contribution in [0.4, 0.5) is 15.8 Å². The molecule has 2 unspecified atom stereocenters. The second kappa shape index (κ2) is 3.76. The van der Waals surface area contributed by atoms with Crippen molar-refractivity contribution in [1.29, 1.82) is 0 Å². The van der Waals surface area contributed by atoms with Gasteiger partial charge in [-0.1, -0.05) is 30.3 Å². The fraction of sp³-hybridized carbons (Fsp3) is 0.238. The lowest BCUT2D eigenvalue weighted by Gasteiger charge is -2.38. The molecule has 0 aromatic heterocycles. The summed E-state index contributed by atoms with van der Waals surface area (Å²) in [5.74, 6) is 0.505. The van der Waals surface area contributed by atoms with Crippen LogP contribution in [0.1, 0.15) is 41.9 Å². The summed E-state index contributed by atoms with van der Waals surface area (Å²) in [6.45, 7) is 0. The molecule has 2 bridgehead atoms. The molecule has 1 N–H and O–H groups in total. The highest BCUT2D eigenvalue weighted by atomic mass is 19.1. The Morgan fingerprint density at radius 2 is 2.00 bits per heavy atom. The predicted octanol–water partition coefficient (Wildman–Crippen LogP) is 5.60. The van der Waals surface area contributed by atoms with Crippen LogP contribution in [0, 0.1) is 5.82 Å². The van der Waals surface area contributed by atoms with Crippen molar-refractivity contribution in [2.75, 3.05) is 5.32 Å². The van der Waals surface area contributed by atoms with Crippen molar-refractivity contribution in [3.63, 3.8) is 0 Å². The third-order valence-corrected chi connectivity index (χ3v) is 6.27. The fourth-order valence-corrected chi connectivity index (χ4v) is 5.41. The molecule has 3 aromatic carbocycles. The van der Waals surface area contributed by atoms with Crippen LogP contribution in [0.15, 0.2) is 48.5 Å². The molecule has 1 saturated carbocycles. The van der Waals surface area contributed by atoms with Gasteiger partial charge in [-0.15, -0.1) is 0 Å². The first-order chi connectivity index (χ1) is 11.3. The molecule has 1 heterocycles. The van der Waals surface area contributed by atoms with Crippen LogP contribution in [0.5, 0.6) is 0 Å². The maximum absolute atomic E-state index is 13.9. The number of hydrogen-bond donors (Lipinski definition) is 1. The van der Waals surface area contributed by atoms with E-state index in [1.807, 2.05) is 6.07 Å². The Hall–Kier alpha value is -2.35. The smallest absolute Gasteiger partial charge is 0.123 e. The van der Waals surface area contributed by atoms with Crippen molar-refractivity contribution in [2.45, 2.75) is 30.6 Å². The van der Waals surface area contributed by atoms with Crippen LogP contribution >= 0.6 is 0 Å². The molecule has 2 aliphatic carbocycles. The molecular weight excluding hydrogens is 285 g/mol. The lowest BCUT2D eigenvalue weighted by atomic mass is 9.70. The van der Waals surface area contributed by atoms with Gasteiger partial charge in [0.2, 0.25) is 0 Å². The Balaban J connectivity index is 1.79. The summed E-state index contributed by atoms with van der Waals surface area (Å²) < 4.78 is 13.9. The van der Waals surface area contributed by atoms with E-state index in [0.29, 0.717) is 5.92 Å². The van der Waals surface area contributed by atoms with E-state index in [1.54, 1.807) is 12.1 Å². The molecule has 1 spiro atoms. The number of halogens is 1. The number of benzene rings is 3. The summed E-state index contributed by atoms with van der Waals surface area (Å²) in [7, 11) is 0. The number of nitrogens with one attached hydrogen (secondary N) is 1. The van der Waals surface area contributed by atoms with Gasteiger partial charge in [0.15, 0.2) is 0 Å². The van der Waals surface area contributed by atoms with Crippen LogP contribution in [-0.2, 0) is 5.41 Å². The van der Waals surface area contributed by atoms with Gasteiger partial charge in [0.1, 0.15) is 5.82 Å². The van der Waals surface area contributed by atoms with Crippen molar-refractivity contribution in [1.82, 2.24) is 0 Å². The molecule has 23 heavy (non-hydrogen) atoms. The summed E-state index contributed by atoms with van der Waals surface area (Å²) in [6.07, 6.45) is 3.51. The quantitative estimate of drug-likeness (QED) is 0.569. The van der Waals surface area contributed by atoms with Gasteiger partial charge in [-0.05, 0) is 65.5 Å². The Bertz CT molecular complexity index is 1010. The maximum Gasteiger partial charge on any atom is 0.123 e. The van der Waals surface area contributed by atoms with Crippen LogP contribution in [-0.4, -0.2) is 0 Å². The number of anilines is 2. The van der Waals surface area contributed by atoms with E-state index in [2.05, 4.69) is 35.6 Å². The van der Waals surface area contributed by atoms with E-state index >= 15 is 0 Å². The molecule has 1 fully saturated rings. The van der Waals surface area contributed by atoms with Crippen molar-refractivity contribution in [3.8, 4) is 0 Å². The number of fused-ring (bicyclic) bond motifs is 5. The first-order valence-electron chi connectivity index (χ1n) is 8.39. The zero-order chi connectivity index (χ0) is 15.2. The normalized spacial score (nSPS) is 26.0. The Morgan fingerprint density at radius 1 is 1.09 bits per heavy atom. The van der Waals surface area contributed by atoms with Gasteiger partial charge >= 0.3 is 0 Å². The van der Waals surface area contributed by atoms with Gasteiger partial charge in [-0.25, -0.2) is 4.39 Å². The minimum absolute atomic E-state index is 0.0298. The monoisotopic (exact) mass is 301 g/mol. The first-order valence-corrected chi connectivity index (χ1v) is 8.39. The zero-order valence-electron chi connectivity index (χ0n) is 12.7. The van der Waals surface area contributed by atoms with E-state index in [1.165, 1.54) is 39.6 Å². The molecule has 0 saturated heterocycles. The summed E-state index contributed by atoms with van der Waals surface area (Å²) in [5.41, 5.74) is 6.49. The summed E-state index contributed by atoms with van der Waals surface area (Å²) in [5, 5.41) is 6.23.